The van der Waals surface area contributed by atoms with Crippen LogP contribution in [0.5, 0.6) is 0 Å². The van der Waals surface area contributed by atoms with E-state index in [1.54, 1.807) is 7.11 Å². The molecule has 3 heteroatoms. The molecule has 1 aromatic rings. The molecule has 0 saturated heterocycles. The maximum Gasteiger partial charge on any atom is 0.221 e. The number of carbonyl (C=O) groups is 1. The Balaban J connectivity index is 3.41. The minimum Gasteiger partial charge on any atom is -0.380 e. The molecule has 1 amide bonds. The summed E-state index contributed by atoms with van der Waals surface area (Å²) in [4.78, 5) is 11.3. The molecule has 0 fully saturated rings. The van der Waals surface area contributed by atoms with Crippen LogP contribution < -0.4 is 5.73 Å². The van der Waals surface area contributed by atoms with Gasteiger partial charge in [-0.3, -0.25) is 4.79 Å². The number of amides is 1. The number of hydrogen-bond donors (Lipinski definition) is 1. The van der Waals surface area contributed by atoms with Crippen LogP contribution in [-0.2, 0) is 22.6 Å². The lowest BCUT2D eigenvalue weighted by Gasteiger charge is -2.21. The molecule has 0 radical (unpaired) electrons. The molecule has 106 valence electrons. The molecule has 3 nitrogen and oxygen atoms in total. The second-order valence-corrected chi connectivity index (χ2v) is 5.64. The lowest BCUT2D eigenvalue weighted by Crippen LogP contribution is -2.17. The van der Waals surface area contributed by atoms with Crippen molar-refractivity contribution >= 4 is 5.91 Å². The van der Waals surface area contributed by atoms with Crippen LogP contribution in [0.15, 0.2) is 12.1 Å². The van der Waals surface area contributed by atoms with Crippen molar-refractivity contribution in [1.29, 1.82) is 0 Å². The number of benzene rings is 1. The summed E-state index contributed by atoms with van der Waals surface area (Å²) in [6, 6.07) is 4.27. The fourth-order valence-corrected chi connectivity index (χ4v) is 2.44. The summed E-state index contributed by atoms with van der Waals surface area (Å²) in [5, 5.41) is 0. The molecule has 0 unspecified atom stereocenters. The number of nitrogens with two attached hydrogens (primary N) is 1. The lowest BCUT2D eigenvalue weighted by atomic mass is 9.85. The molecule has 0 atom stereocenters. The Morgan fingerprint density at radius 3 is 1.95 bits per heavy atom. The quantitative estimate of drug-likeness (QED) is 0.857. The van der Waals surface area contributed by atoms with Crippen molar-refractivity contribution < 1.29 is 9.53 Å². The Kier molecular flexibility index (Phi) is 5.55. The first kappa shape index (κ1) is 15.7. The SMILES string of the molecule is COCc1cc(C(C)C)c(CC(N)=O)c(C(C)C)c1. The summed E-state index contributed by atoms with van der Waals surface area (Å²) in [6.07, 6.45) is 0.314. The van der Waals surface area contributed by atoms with Crippen molar-refractivity contribution in [3.8, 4) is 0 Å². The van der Waals surface area contributed by atoms with Gasteiger partial charge in [-0.15, -0.1) is 0 Å². The van der Waals surface area contributed by atoms with Gasteiger partial charge in [0.05, 0.1) is 13.0 Å². The van der Waals surface area contributed by atoms with E-state index in [1.165, 1.54) is 11.1 Å². The Morgan fingerprint density at radius 1 is 1.16 bits per heavy atom. The molecule has 1 rings (SSSR count). The average Bonchev–Trinajstić information content (AvgIpc) is 2.29. The van der Waals surface area contributed by atoms with E-state index in [-0.39, 0.29) is 5.91 Å². The Hall–Kier alpha value is -1.35. The minimum absolute atomic E-state index is 0.275. The largest absolute Gasteiger partial charge is 0.380 e. The highest BCUT2D eigenvalue weighted by Crippen LogP contribution is 2.30. The van der Waals surface area contributed by atoms with Gasteiger partial charge in [0.1, 0.15) is 0 Å². The van der Waals surface area contributed by atoms with Crippen molar-refractivity contribution in [2.45, 2.75) is 52.6 Å². The monoisotopic (exact) mass is 263 g/mol. The summed E-state index contributed by atoms with van der Waals surface area (Å²) < 4.78 is 5.23. The van der Waals surface area contributed by atoms with Crippen LogP contribution in [0.2, 0.25) is 0 Å². The summed E-state index contributed by atoms with van der Waals surface area (Å²) >= 11 is 0. The molecule has 0 spiro atoms. The van der Waals surface area contributed by atoms with E-state index in [0.29, 0.717) is 24.9 Å². The van der Waals surface area contributed by atoms with E-state index < -0.39 is 0 Å². The Labute approximate surface area is 116 Å². The van der Waals surface area contributed by atoms with Gasteiger partial charge in [-0.25, -0.2) is 0 Å². The fourth-order valence-electron chi connectivity index (χ4n) is 2.44. The second kappa shape index (κ2) is 6.71. The van der Waals surface area contributed by atoms with Gasteiger partial charge in [-0.05, 0) is 34.1 Å². The minimum atomic E-state index is -0.275. The molecule has 0 aromatic heterocycles. The lowest BCUT2D eigenvalue weighted by molar-refractivity contribution is -0.117. The number of carbonyl (C=O) groups excluding carboxylic acids is 1. The van der Waals surface area contributed by atoms with E-state index in [1.807, 2.05) is 0 Å². The van der Waals surface area contributed by atoms with Crippen molar-refractivity contribution in [1.82, 2.24) is 0 Å². The van der Waals surface area contributed by atoms with Crippen molar-refractivity contribution in [2.75, 3.05) is 7.11 Å². The van der Waals surface area contributed by atoms with Gasteiger partial charge in [-0.1, -0.05) is 39.8 Å². The third kappa shape index (κ3) is 4.06. The number of ether oxygens (including phenoxy) is 1. The number of hydrogen-bond acceptors (Lipinski definition) is 2. The van der Waals surface area contributed by atoms with E-state index in [0.717, 1.165) is 11.1 Å². The van der Waals surface area contributed by atoms with Gasteiger partial charge < -0.3 is 10.5 Å². The molecular formula is C16H25NO2. The summed E-state index contributed by atoms with van der Waals surface area (Å²) in [6.45, 7) is 9.15. The zero-order valence-corrected chi connectivity index (χ0v) is 12.6. The predicted molar refractivity (Wildman–Crippen MR) is 78.2 cm³/mol. The maximum atomic E-state index is 11.3. The molecule has 19 heavy (non-hydrogen) atoms. The first-order chi connectivity index (χ1) is 8.86. The zero-order chi connectivity index (χ0) is 14.6. The highest BCUT2D eigenvalue weighted by atomic mass is 16.5. The summed E-state index contributed by atoms with van der Waals surface area (Å²) in [7, 11) is 1.70. The number of rotatable bonds is 6. The normalized spacial score (nSPS) is 11.3. The van der Waals surface area contributed by atoms with Crippen LogP contribution in [0.1, 0.15) is 61.8 Å². The third-order valence-electron chi connectivity index (χ3n) is 3.28. The average molecular weight is 263 g/mol. The van der Waals surface area contributed by atoms with Gasteiger partial charge in [0.15, 0.2) is 0 Å². The van der Waals surface area contributed by atoms with Gasteiger partial charge >= 0.3 is 0 Å². The topological polar surface area (TPSA) is 52.3 Å². The second-order valence-electron chi connectivity index (χ2n) is 5.64. The van der Waals surface area contributed by atoms with Crippen molar-refractivity contribution in [3.63, 3.8) is 0 Å². The van der Waals surface area contributed by atoms with Gasteiger partial charge in [0.25, 0.3) is 0 Å². The van der Waals surface area contributed by atoms with Crippen molar-refractivity contribution in [2.24, 2.45) is 5.73 Å². The van der Waals surface area contributed by atoms with Crippen LogP contribution >= 0.6 is 0 Å². The number of primary amides is 1. The summed E-state index contributed by atoms with van der Waals surface area (Å²) in [5.74, 6) is 0.454. The molecule has 0 heterocycles. The first-order valence-corrected chi connectivity index (χ1v) is 6.79. The molecular weight excluding hydrogens is 238 g/mol. The van der Waals surface area contributed by atoms with E-state index in [9.17, 15) is 4.79 Å². The molecule has 0 aliphatic carbocycles. The van der Waals surface area contributed by atoms with Crippen LogP contribution in [0.4, 0.5) is 0 Å². The molecule has 0 aliphatic heterocycles. The first-order valence-electron chi connectivity index (χ1n) is 6.79. The highest BCUT2D eigenvalue weighted by molar-refractivity contribution is 5.77. The van der Waals surface area contributed by atoms with Crippen LogP contribution in [0.25, 0.3) is 0 Å². The van der Waals surface area contributed by atoms with E-state index in [4.69, 9.17) is 10.5 Å². The molecule has 2 N–H and O–H groups in total. The fraction of sp³-hybridized carbons (Fsp3) is 0.562. The highest BCUT2D eigenvalue weighted by Gasteiger charge is 2.17. The molecule has 1 aromatic carbocycles. The van der Waals surface area contributed by atoms with E-state index >= 15 is 0 Å². The Morgan fingerprint density at radius 2 is 1.63 bits per heavy atom. The smallest absolute Gasteiger partial charge is 0.221 e. The van der Waals surface area contributed by atoms with Crippen LogP contribution in [0, 0.1) is 0 Å². The molecule has 0 saturated carbocycles. The van der Waals surface area contributed by atoms with Crippen LogP contribution in [0.3, 0.4) is 0 Å². The summed E-state index contributed by atoms with van der Waals surface area (Å²) in [5.41, 5.74) is 10.1. The van der Waals surface area contributed by atoms with Gasteiger partial charge in [0, 0.05) is 7.11 Å². The number of methoxy groups -OCH3 is 1. The molecule has 0 bridgehead atoms. The van der Waals surface area contributed by atoms with Gasteiger partial charge in [0.2, 0.25) is 5.91 Å². The third-order valence-corrected chi connectivity index (χ3v) is 3.28. The maximum absolute atomic E-state index is 11.3. The molecule has 0 aliphatic rings. The van der Waals surface area contributed by atoms with E-state index in [2.05, 4.69) is 39.8 Å². The van der Waals surface area contributed by atoms with Crippen molar-refractivity contribution in [3.05, 3.63) is 34.4 Å². The standard InChI is InChI=1S/C16H25NO2/c1-10(2)13-6-12(9-19-5)7-14(11(3)4)15(13)8-16(17)18/h6-7,10-11H,8-9H2,1-5H3,(H2,17,18). The van der Waals surface area contributed by atoms with Crippen LogP contribution in [-0.4, -0.2) is 13.0 Å². The predicted octanol–water partition coefficient (Wildman–Crippen LogP) is 3.11. The van der Waals surface area contributed by atoms with Gasteiger partial charge in [-0.2, -0.15) is 0 Å². The Bertz CT molecular complexity index is 421. The zero-order valence-electron chi connectivity index (χ0n) is 12.6.